The Hall–Kier alpha value is -2.08. The molecule has 0 aliphatic carbocycles. The highest BCUT2D eigenvalue weighted by atomic mass is 16.2. The number of hydrogen-bond donors (Lipinski definition) is 4. The molecule has 1 aromatic carbocycles. The molecule has 1 heterocycles. The highest BCUT2D eigenvalue weighted by Gasteiger charge is 2.31. The Balaban J connectivity index is 1.86. The van der Waals surface area contributed by atoms with Crippen LogP contribution in [0, 0.1) is 0 Å². The SMILES string of the molecule is CC(C)(NC(=O)Nc1ccccc1)C(=O)NC1CCNC1. The number of benzene rings is 1. The molecule has 1 aliphatic heterocycles. The zero-order chi connectivity index (χ0) is 15.3. The van der Waals surface area contributed by atoms with Crippen LogP contribution in [0.3, 0.4) is 0 Å². The summed E-state index contributed by atoms with van der Waals surface area (Å²) in [6, 6.07) is 8.85. The van der Waals surface area contributed by atoms with Gasteiger partial charge in [0.25, 0.3) is 0 Å². The fourth-order valence-corrected chi connectivity index (χ4v) is 2.17. The number of rotatable bonds is 4. The van der Waals surface area contributed by atoms with Crippen LogP contribution in [0.2, 0.25) is 0 Å². The lowest BCUT2D eigenvalue weighted by Crippen LogP contribution is -2.57. The molecule has 1 aromatic rings. The first-order chi connectivity index (χ1) is 9.97. The van der Waals surface area contributed by atoms with Crippen LogP contribution in [0.1, 0.15) is 20.3 Å². The van der Waals surface area contributed by atoms with Crippen molar-refractivity contribution in [2.24, 2.45) is 0 Å². The Kier molecular flexibility index (Phi) is 4.80. The summed E-state index contributed by atoms with van der Waals surface area (Å²) in [7, 11) is 0. The van der Waals surface area contributed by atoms with E-state index >= 15 is 0 Å². The fraction of sp³-hybridized carbons (Fsp3) is 0.467. The van der Waals surface area contributed by atoms with Gasteiger partial charge in [0.05, 0.1) is 0 Å². The Morgan fingerprint density at radius 1 is 1.24 bits per heavy atom. The molecule has 6 nitrogen and oxygen atoms in total. The van der Waals surface area contributed by atoms with Crippen LogP contribution in [0.15, 0.2) is 30.3 Å². The lowest BCUT2D eigenvalue weighted by Gasteiger charge is -2.27. The van der Waals surface area contributed by atoms with E-state index in [1.165, 1.54) is 0 Å². The molecule has 1 saturated heterocycles. The highest BCUT2D eigenvalue weighted by molar-refractivity contribution is 5.95. The van der Waals surface area contributed by atoms with Crippen molar-refractivity contribution in [1.29, 1.82) is 0 Å². The molecular formula is C15H22N4O2. The summed E-state index contributed by atoms with van der Waals surface area (Å²) >= 11 is 0. The standard InChI is InChI=1S/C15H22N4O2/c1-15(2,13(20)17-12-8-9-16-10-12)19-14(21)18-11-6-4-3-5-7-11/h3-7,12,16H,8-10H2,1-2H3,(H,17,20)(H2,18,19,21). The van der Waals surface area contributed by atoms with E-state index in [0.717, 1.165) is 19.5 Å². The summed E-state index contributed by atoms with van der Waals surface area (Å²) in [4.78, 5) is 24.2. The van der Waals surface area contributed by atoms with Crippen LogP contribution in [-0.4, -0.2) is 36.6 Å². The first kappa shape index (κ1) is 15.3. The number of carbonyl (C=O) groups is 2. The number of anilines is 1. The van der Waals surface area contributed by atoms with E-state index in [1.54, 1.807) is 26.0 Å². The van der Waals surface area contributed by atoms with Gasteiger partial charge < -0.3 is 21.3 Å². The summed E-state index contributed by atoms with van der Waals surface area (Å²) in [5.74, 6) is -0.181. The molecule has 1 unspecified atom stereocenters. The van der Waals surface area contributed by atoms with Crippen molar-refractivity contribution in [3.8, 4) is 0 Å². The lowest BCUT2D eigenvalue weighted by atomic mass is 10.0. The van der Waals surface area contributed by atoms with Gasteiger partial charge in [-0.05, 0) is 38.9 Å². The van der Waals surface area contributed by atoms with E-state index in [-0.39, 0.29) is 11.9 Å². The molecular weight excluding hydrogens is 268 g/mol. The highest BCUT2D eigenvalue weighted by Crippen LogP contribution is 2.08. The van der Waals surface area contributed by atoms with Gasteiger partial charge in [0.15, 0.2) is 0 Å². The van der Waals surface area contributed by atoms with Gasteiger partial charge in [-0.25, -0.2) is 4.79 Å². The maximum absolute atomic E-state index is 12.2. The zero-order valence-corrected chi connectivity index (χ0v) is 12.4. The second-order valence-corrected chi connectivity index (χ2v) is 5.73. The van der Waals surface area contributed by atoms with Crippen LogP contribution in [0.25, 0.3) is 0 Å². The first-order valence-electron chi connectivity index (χ1n) is 7.13. The number of nitrogens with one attached hydrogen (secondary N) is 4. The predicted octanol–water partition coefficient (Wildman–Crippen LogP) is 1.06. The summed E-state index contributed by atoms with van der Waals surface area (Å²) in [5.41, 5.74) is -0.284. The summed E-state index contributed by atoms with van der Waals surface area (Å²) in [6.07, 6.45) is 0.915. The van der Waals surface area contributed by atoms with Crippen LogP contribution in [-0.2, 0) is 4.79 Å². The van der Waals surface area contributed by atoms with Crippen molar-refractivity contribution in [3.05, 3.63) is 30.3 Å². The normalized spacial score (nSPS) is 18.1. The van der Waals surface area contributed by atoms with Gasteiger partial charge in [0.2, 0.25) is 5.91 Å². The van der Waals surface area contributed by atoms with Gasteiger partial charge in [0.1, 0.15) is 5.54 Å². The number of para-hydroxylation sites is 1. The van der Waals surface area contributed by atoms with Gasteiger partial charge in [0, 0.05) is 18.3 Å². The van der Waals surface area contributed by atoms with Gasteiger partial charge in [-0.15, -0.1) is 0 Å². The van der Waals surface area contributed by atoms with Crippen molar-refractivity contribution in [2.75, 3.05) is 18.4 Å². The Bertz CT molecular complexity index is 496. The van der Waals surface area contributed by atoms with E-state index in [9.17, 15) is 9.59 Å². The van der Waals surface area contributed by atoms with Gasteiger partial charge in [-0.1, -0.05) is 18.2 Å². The molecule has 1 fully saturated rings. The summed E-state index contributed by atoms with van der Waals surface area (Å²) in [5, 5.41) is 11.5. The third-order valence-electron chi connectivity index (χ3n) is 3.42. The van der Waals surface area contributed by atoms with Crippen molar-refractivity contribution >= 4 is 17.6 Å². The van der Waals surface area contributed by atoms with E-state index in [1.807, 2.05) is 18.2 Å². The molecule has 0 saturated carbocycles. The smallest absolute Gasteiger partial charge is 0.320 e. The van der Waals surface area contributed by atoms with Crippen molar-refractivity contribution in [3.63, 3.8) is 0 Å². The number of hydrogen-bond acceptors (Lipinski definition) is 3. The predicted molar refractivity (Wildman–Crippen MR) is 82.1 cm³/mol. The second kappa shape index (κ2) is 6.58. The third kappa shape index (κ3) is 4.46. The minimum atomic E-state index is -0.971. The topological polar surface area (TPSA) is 82.3 Å². The van der Waals surface area contributed by atoms with Gasteiger partial charge in [-0.3, -0.25) is 4.79 Å². The number of carbonyl (C=O) groups excluding carboxylic acids is 2. The summed E-state index contributed by atoms with van der Waals surface area (Å²) < 4.78 is 0. The Labute approximate surface area is 124 Å². The van der Waals surface area contributed by atoms with E-state index < -0.39 is 11.6 Å². The molecule has 0 aromatic heterocycles. The molecule has 3 amide bonds. The number of amides is 3. The molecule has 0 spiro atoms. The molecule has 2 rings (SSSR count). The van der Waals surface area contributed by atoms with Crippen LogP contribution in [0.4, 0.5) is 10.5 Å². The monoisotopic (exact) mass is 290 g/mol. The second-order valence-electron chi connectivity index (χ2n) is 5.73. The first-order valence-corrected chi connectivity index (χ1v) is 7.13. The minimum Gasteiger partial charge on any atom is -0.350 e. The lowest BCUT2D eigenvalue weighted by molar-refractivity contribution is -0.126. The summed E-state index contributed by atoms with van der Waals surface area (Å²) in [6.45, 7) is 5.07. The molecule has 0 bridgehead atoms. The van der Waals surface area contributed by atoms with Gasteiger partial charge >= 0.3 is 6.03 Å². The molecule has 21 heavy (non-hydrogen) atoms. The van der Waals surface area contributed by atoms with Crippen LogP contribution in [0.5, 0.6) is 0 Å². The van der Waals surface area contributed by atoms with Crippen LogP contribution < -0.4 is 21.3 Å². The van der Waals surface area contributed by atoms with Crippen LogP contribution >= 0.6 is 0 Å². The largest absolute Gasteiger partial charge is 0.350 e. The molecule has 1 atom stereocenters. The molecule has 114 valence electrons. The van der Waals surface area contributed by atoms with E-state index in [2.05, 4.69) is 21.3 Å². The number of urea groups is 1. The molecule has 4 N–H and O–H groups in total. The van der Waals surface area contributed by atoms with E-state index in [0.29, 0.717) is 5.69 Å². The van der Waals surface area contributed by atoms with Crippen molar-refractivity contribution < 1.29 is 9.59 Å². The zero-order valence-electron chi connectivity index (χ0n) is 12.4. The Morgan fingerprint density at radius 3 is 2.57 bits per heavy atom. The molecule has 0 radical (unpaired) electrons. The van der Waals surface area contributed by atoms with E-state index in [4.69, 9.17) is 0 Å². The molecule has 6 heteroatoms. The van der Waals surface area contributed by atoms with Gasteiger partial charge in [-0.2, -0.15) is 0 Å². The average molecular weight is 290 g/mol. The minimum absolute atomic E-state index is 0.135. The Morgan fingerprint density at radius 2 is 1.95 bits per heavy atom. The van der Waals surface area contributed by atoms with Crippen molar-refractivity contribution in [1.82, 2.24) is 16.0 Å². The fourth-order valence-electron chi connectivity index (χ4n) is 2.17. The maximum Gasteiger partial charge on any atom is 0.320 e. The average Bonchev–Trinajstić information content (AvgIpc) is 2.92. The third-order valence-corrected chi connectivity index (χ3v) is 3.42. The van der Waals surface area contributed by atoms with Crippen molar-refractivity contribution in [2.45, 2.75) is 31.8 Å². The molecule has 1 aliphatic rings. The maximum atomic E-state index is 12.2. The quantitative estimate of drug-likeness (QED) is 0.669.